The SMILES string of the molecule is COc1ccccc1C(=O)NC(c1ccccc1)C12CCC(CC1)CN2C. The van der Waals surface area contributed by atoms with Gasteiger partial charge in [0.2, 0.25) is 0 Å². The Morgan fingerprint density at radius 2 is 1.78 bits per heavy atom. The maximum atomic E-state index is 13.2. The summed E-state index contributed by atoms with van der Waals surface area (Å²) in [6.45, 7) is 1.12. The van der Waals surface area contributed by atoms with Crippen molar-refractivity contribution in [3.8, 4) is 5.75 Å². The number of rotatable bonds is 5. The Morgan fingerprint density at radius 1 is 1.11 bits per heavy atom. The van der Waals surface area contributed by atoms with E-state index in [1.165, 1.54) is 18.4 Å². The van der Waals surface area contributed by atoms with Crippen LogP contribution in [-0.2, 0) is 0 Å². The standard InChI is InChI=1S/C23H28N2O2/c1-25-16-17-12-14-23(25,15-13-17)21(18-8-4-3-5-9-18)24-22(26)19-10-6-7-11-20(19)27-2/h3-11,17,21H,12-16H2,1-2H3,(H,24,26). The number of methoxy groups -OCH3 is 1. The number of carbonyl (C=O) groups excluding carboxylic acids is 1. The number of para-hydroxylation sites is 1. The van der Waals surface area contributed by atoms with Gasteiger partial charge in [-0.25, -0.2) is 0 Å². The molecule has 5 rings (SSSR count). The predicted octanol–water partition coefficient (Wildman–Crippen LogP) is 4.04. The van der Waals surface area contributed by atoms with Crippen LogP contribution in [0.25, 0.3) is 0 Å². The first-order valence-electron chi connectivity index (χ1n) is 9.84. The van der Waals surface area contributed by atoms with Crippen molar-refractivity contribution in [1.82, 2.24) is 10.2 Å². The molecule has 2 aliphatic heterocycles. The maximum absolute atomic E-state index is 13.2. The molecule has 2 heterocycles. The molecule has 1 atom stereocenters. The number of likely N-dealkylation sites (N-methyl/N-ethyl adjacent to an activating group) is 1. The van der Waals surface area contributed by atoms with Gasteiger partial charge in [-0.05, 0) is 56.3 Å². The Balaban J connectivity index is 1.70. The van der Waals surface area contributed by atoms with Crippen molar-refractivity contribution in [2.24, 2.45) is 5.92 Å². The Hall–Kier alpha value is -2.33. The van der Waals surface area contributed by atoms with Crippen molar-refractivity contribution in [3.05, 3.63) is 65.7 Å². The summed E-state index contributed by atoms with van der Waals surface area (Å²) in [5.41, 5.74) is 1.74. The van der Waals surface area contributed by atoms with Gasteiger partial charge in [-0.2, -0.15) is 0 Å². The minimum absolute atomic E-state index is 0.0201. The number of benzene rings is 2. The second kappa shape index (κ2) is 7.35. The van der Waals surface area contributed by atoms with Crippen LogP contribution in [0.5, 0.6) is 5.75 Å². The largest absolute Gasteiger partial charge is 0.496 e. The van der Waals surface area contributed by atoms with Crippen molar-refractivity contribution >= 4 is 5.91 Å². The van der Waals surface area contributed by atoms with E-state index >= 15 is 0 Å². The van der Waals surface area contributed by atoms with Gasteiger partial charge in [0.05, 0.1) is 18.7 Å². The van der Waals surface area contributed by atoms with E-state index in [0.29, 0.717) is 11.3 Å². The van der Waals surface area contributed by atoms with Crippen LogP contribution in [0.15, 0.2) is 54.6 Å². The maximum Gasteiger partial charge on any atom is 0.255 e. The van der Waals surface area contributed by atoms with Gasteiger partial charge in [-0.3, -0.25) is 9.69 Å². The lowest BCUT2D eigenvalue weighted by molar-refractivity contribution is -0.0404. The third-order valence-corrected chi connectivity index (χ3v) is 6.56. The number of piperidine rings is 2. The fourth-order valence-corrected chi connectivity index (χ4v) is 5.03. The van der Waals surface area contributed by atoms with Crippen LogP contribution in [0.3, 0.4) is 0 Å². The van der Waals surface area contributed by atoms with Gasteiger partial charge >= 0.3 is 0 Å². The zero-order chi connectivity index (χ0) is 18.9. The molecular formula is C23H28N2O2. The van der Waals surface area contributed by atoms with Crippen LogP contribution in [0.1, 0.15) is 47.6 Å². The van der Waals surface area contributed by atoms with Gasteiger partial charge in [0.1, 0.15) is 5.75 Å². The Kier molecular flexibility index (Phi) is 4.92. The van der Waals surface area contributed by atoms with Gasteiger partial charge < -0.3 is 10.1 Å². The highest BCUT2D eigenvalue weighted by molar-refractivity contribution is 5.97. The van der Waals surface area contributed by atoms with Crippen molar-refractivity contribution in [2.45, 2.75) is 37.3 Å². The number of hydrogen-bond donors (Lipinski definition) is 1. The normalized spacial score (nSPS) is 25.8. The third-order valence-electron chi connectivity index (χ3n) is 6.56. The van der Waals surface area contributed by atoms with E-state index in [2.05, 4.69) is 41.5 Å². The number of carbonyl (C=O) groups is 1. The summed E-state index contributed by atoms with van der Waals surface area (Å²) in [6, 6.07) is 17.8. The molecule has 2 bridgehead atoms. The van der Waals surface area contributed by atoms with Gasteiger partial charge in [-0.1, -0.05) is 42.5 Å². The second-order valence-electron chi connectivity index (χ2n) is 7.94. The van der Waals surface area contributed by atoms with E-state index in [1.54, 1.807) is 7.11 Å². The van der Waals surface area contributed by atoms with Crippen LogP contribution >= 0.6 is 0 Å². The highest BCUT2D eigenvalue weighted by Crippen LogP contribution is 2.49. The van der Waals surface area contributed by atoms with Crippen LogP contribution in [-0.4, -0.2) is 37.0 Å². The Labute approximate surface area is 161 Å². The minimum atomic E-state index is -0.0724. The van der Waals surface area contributed by atoms with Gasteiger partial charge in [0.15, 0.2) is 0 Å². The van der Waals surface area contributed by atoms with E-state index in [-0.39, 0.29) is 17.5 Å². The summed E-state index contributed by atoms with van der Waals surface area (Å²) in [7, 11) is 3.83. The number of ether oxygens (including phenoxy) is 1. The van der Waals surface area contributed by atoms with Crippen LogP contribution in [0.4, 0.5) is 0 Å². The fraction of sp³-hybridized carbons (Fsp3) is 0.435. The molecule has 0 radical (unpaired) electrons. The monoisotopic (exact) mass is 364 g/mol. The molecule has 0 aromatic heterocycles. The number of nitrogens with zero attached hydrogens (tertiary/aromatic N) is 1. The van der Waals surface area contributed by atoms with Crippen molar-refractivity contribution in [1.29, 1.82) is 0 Å². The summed E-state index contributed by atoms with van der Waals surface area (Å²) in [5.74, 6) is 1.34. The van der Waals surface area contributed by atoms with E-state index in [1.807, 2.05) is 30.3 Å². The average Bonchev–Trinajstić information content (AvgIpc) is 2.73. The van der Waals surface area contributed by atoms with Gasteiger partial charge in [0, 0.05) is 12.1 Å². The molecule has 2 aromatic carbocycles. The molecule has 4 nitrogen and oxygen atoms in total. The molecule has 2 saturated heterocycles. The number of nitrogens with one attached hydrogen (secondary N) is 1. The average molecular weight is 364 g/mol. The summed E-state index contributed by atoms with van der Waals surface area (Å²) in [6.07, 6.45) is 4.75. The molecule has 1 saturated carbocycles. The summed E-state index contributed by atoms with van der Waals surface area (Å²) in [4.78, 5) is 15.7. The van der Waals surface area contributed by atoms with Crippen LogP contribution < -0.4 is 10.1 Å². The Bertz CT molecular complexity index is 797. The smallest absolute Gasteiger partial charge is 0.255 e. The lowest BCUT2D eigenvalue weighted by Gasteiger charge is -2.57. The van der Waals surface area contributed by atoms with Crippen LogP contribution in [0.2, 0.25) is 0 Å². The molecule has 27 heavy (non-hydrogen) atoms. The number of amides is 1. The lowest BCUT2D eigenvalue weighted by atomic mass is 9.66. The molecule has 1 aliphatic carbocycles. The second-order valence-corrected chi connectivity index (χ2v) is 7.94. The lowest BCUT2D eigenvalue weighted by Crippen LogP contribution is -2.62. The Morgan fingerprint density at radius 3 is 2.44 bits per heavy atom. The van der Waals surface area contributed by atoms with Crippen LogP contribution in [0, 0.1) is 5.92 Å². The summed E-state index contributed by atoms with van der Waals surface area (Å²) >= 11 is 0. The van der Waals surface area contributed by atoms with Crippen molar-refractivity contribution in [3.63, 3.8) is 0 Å². The molecule has 1 amide bonds. The fourth-order valence-electron chi connectivity index (χ4n) is 5.03. The number of hydrogen-bond acceptors (Lipinski definition) is 3. The quantitative estimate of drug-likeness (QED) is 0.871. The first-order valence-corrected chi connectivity index (χ1v) is 9.84. The van der Waals surface area contributed by atoms with E-state index < -0.39 is 0 Å². The van der Waals surface area contributed by atoms with E-state index in [0.717, 1.165) is 25.3 Å². The molecular weight excluding hydrogens is 336 g/mol. The van der Waals surface area contributed by atoms with Crippen molar-refractivity contribution in [2.75, 3.05) is 20.7 Å². The van der Waals surface area contributed by atoms with E-state index in [9.17, 15) is 4.79 Å². The zero-order valence-corrected chi connectivity index (χ0v) is 16.2. The molecule has 3 aliphatic rings. The summed E-state index contributed by atoms with van der Waals surface area (Å²) < 4.78 is 5.41. The van der Waals surface area contributed by atoms with Crippen molar-refractivity contribution < 1.29 is 9.53 Å². The highest BCUT2D eigenvalue weighted by Gasteiger charge is 2.50. The van der Waals surface area contributed by atoms with Gasteiger partial charge in [-0.15, -0.1) is 0 Å². The first-order chi connectivity index (χ1) is 13.1. The third kappa shape index (κ3) is 3.23. The molecule has 4 heteroatoms. The van der Waals surface area contributed by atoms with E-state index in [4.69, 9.17) is 4.74 Å². The zero-order valence-electron chi connectivity index (χ0n) is 16.2. The molecule has 0 spiro atoms. The molecule has 142 valence electrons. The van der Waals surface area contributed by atoms with Gasteiger partial charge in [0.25, 0.3) is 5.91 Å². The first kappa shape index (κ1) is 18.1. The highest BCUT2D eigenvalue weighted by atomic mass is 16.5. The summed E-state index contributed by atoms with van der Waals surface area (Å²) in [5, 5.41) is 3.38. The molecule has 3 fully saturated rings. The minimum Gasteiger partial charge on any atom is -0.496 e. The molecule has 1 N–H and O–H groups in total. The predicted molar refractivity (Wildman–Crippen MR) is 107 cm³/mol. The molecule has 2 aromatic rings. The molecule has 1 unspecified atom stereocenters. The number of fused-ring (bicyclic) bond motifs is 3. The topological polar surface area (TPSA) is 41.6 Å².